The Morgan fingerprint density at radius 3 is 2.46 bits per heavy atom. The van der Waals surface area contributed by atoms with Gasteiger partial charge in [-0.05, 0) is 31.5 Å². The first-order valence-corrected chi connectivity index (χ1v) is 10.0. The van der Waals surface area contributed by atoms with Crippen LogP contribution in [0.2, 0.25) is 0 Å². The minimum atomic E-state index is -1.16. The summed E-state index contributed by atoms with van der Waals surface area (Å²) in [5.41, 5.74) is 0.598. The maximum atomic E-state index is 12.8. The summed E-state index contributed by atoms with van der Waals surface area (Å²) in [4.78, 5) is 39.4. The molecule has 0 unspecified atom stereocenters. The van der Waals surface area contributed by atoms with E-state index in [-0.39, 0.29) is 12.5 Å². The van der Waals surface area contributed by atoms with Crippen molar-refractivity contribution in [1.82, 2.24) is 15.5 Å². The molecule has 0 aromatic heterocycles. The van der Waals surface area contributed by atoms with Gasteiger partial charge in [0, 0.05) is 17.2 Å². The van der Waals surface area contributed by atoms with Crippen molar-refractivity contribution in [1.29, 1.82) is 0 Å². The lowest BCUT2D eigenvalue weighted by Crippen LogP contribution is -2.43. The second-order valence-corrected chi connectivity index (χ2v) is 7.99. The molecule has 0 saturated carbocycles. The SMILES string of the molecule is Cc1ccc([C@]2(C)NC(=O)N(CC(=O)NCCSc3ccccc3)C2=O)cc1. The fraction of sp³-hybridized carbons (Fsp3) is 0.286. The lowest BCUT2D eigenvalue weighted by atomic mass is 9.91. The first-order valence-electron chi connectivity index (χ1n) is 9.06. The van der Waals surface area contributed by atoms with E-state index >= 15 is 0 Å². The van der Waals surface area contributed by atoms with Crippen molar-refractivity contribution < 1.29 is 14.4 Å². The fourth-order valence-electron chi connectivity index (χ4n) is 3.00. The topological polar surface area (TPSA) is 78.5 Å². The Labute approximate surface area is 168 Å². The van der Waals surface area contributed by atoms with Crippen LogP contribution < -0.4 is 10.6 Å². The van der Waals surface area contributed by atoms with Crippen LogP contribution in [-0.4, -0.2) is 41.6 Å². The van der Waals surface area contributed by atoms with Gasteiger partial charge in [0.25, 0.3) is 5.91 Å². The van der Waals surface area contributed by atoms with Crippen molar-refractivity contribution in [3.63, 3.8) is 0 Å². The Morgan fingerprint density at radius 1 is 1.11 bits per heavy atom. The molecule has 28 heavy (non-hydrogen) atoms. The summed E-state index contributed by atoms with van der Waals surface area (Å²) in [6.45, 7) is 3.78. The lowest BCUT2D eigenvalue weighted by Gasteiger charge is -2.22. The second kappa shape index (κ2) is 8.48. The highest BCUT2D eigenvalue weighted by Gasteiger charge is 2.49. The van der Waals surface area contributed by atoms with Crippen LogP contribution in [0.25, 0.3) is 0 Å². The summed E-state index contributed by atoms with van der Waals surface area (Å²) in [6.07, 6.45) is 0. The first kappa shape index (κ1) is 19.9. The Bertz CT molecular complexity index is 870. The smallest absolute Gasteiger partial charge is 0.325 e. The zero-order valence-electron chi connectivity index (χ0n) is 15.9. The van der Waals surface area contributed by atoms with Gasteiger partial charge in [0.2, 0.25) is 5.91 Å². The highest BCUT2D eigenvalue weighted by atomic mass is 32.2. The van der Waals surface area contributed by atoms with Crippen molar-refractivity contribution in [2.24, 2.45) is 0 Å². The first-order chi connectivity index (χ1) is 13.4. The lowest BCUT2D eigenvalue weighted by molar-refractivity contribution is -0.134. The van der Waals surface area contributed by atoms with Gasteiger partial charge < -0.3 is 10.6 Å². The third-order valence-electron chi connectivity index (χ3n) is 4.64. The Balaban J connectivity index is 1.53. The maximum Gasteiger partial charge on any atom is 0.325 e. The van der Waals surface area contributed by atoms with Gasteiger partial charge >= 0.3 is 6.03 Å². The summed E-state index contributed by atoms with van der Waals surface area (Å²) in [7, 11) is 0. The number of amides is 4. The molecule has 2 aromatic carbocycles. The average molecular weight is 398 g/mol. The van der Waals surface area contributed by atoms with Gasteiger partial charge in [-0.25, -0.2) is 4.79 Å². The Hall–Kier alpha value is -2.80. The van der Waals surface area contributed by atoms with E-state index in [4.69, 9.17) is 0 Å². The molecule has 3 rings (SSSR count). The normalized spacial score (nSPS) is 18.9. The number of nitrogens with one attached hydrogen (secondary N) is 2. The Kier molecular flexibility index (Phi) is 6.04. The van der Waals surface area contributed by atoms with E-state index in [0.29, 0.717) is 17.9 Å². The summed E-state index contributed by atoms with van der Waals surface area (Å²) < 4.78 is 0. The summed E-state index contributed by atoms with van der Waals surface area (Å²) in [6, 6.07) is 16.7. The van der Waals surface area contributed by atoms with E-state index in [0.717, 1.165) is 15.4 Å². The summed E-state index contributed by atoms with van der Waals surface area (Å²) in [5, 5.41) is 5.48. The van der Waals surface area contributed by atoms with Crippen LogP contribution >= 0.6 is 11.8 Å². The number of carbonyl (C=O) groups is 3. The minimum absolute atomic E-state index is 0.290. The van der Waals surface area contributed by atoms with Crippen molar-refractivity contribution in [2.45, 2.75) is 24.3 Å². The van der Waals surface area contributed by atoms with Crippen LogP contribution in [0.1, 0.15) is 18.1 Å². The molecule has 4 amide bonds. The number of rotatable bonds is 7. The van der Waals surface area contributed by atoms with E-state index in [2.05, 4.69) is 10.6 Å². The molecule has 0 aliphatic carbocycles. The predicted octanol–water partition coefficient (Wildman–Crippen LogP) is 2.67. The van der Waals surface area contributed by atoms with E-state index in [1.54, 1.807) is 18.7 Å². The van der Waals surface area contributed by atoms with Crippen molar-refractivity contribution >= 4 is 29.6 Å². The molecular formula is C21H23N3O3S. The standard InChI is InChI=1S/C21H23N3O3S/c1-15-8-10-16(11-9-15)21(2)19(26)24(20(27)23-21)14-18(25)22-12-13-28-17-6-4-3-5-7-17/h3-11H,12-14H2,1-2H3,(H,22,25)(H,23,27)/t21-/m0/s1. The molecule has 1 heterocycles. The number of hydrogen-bond donors (Lipinski definition) is 2. The number of carbonyl (C=O) groups excluding carboxylic acids is 3. The third-order valence-corrected chi connectivity index (χ3v) is 5.66. The minimum Gasteiger partial charge on any atom is -0.354 e. The second-order valence-electron chi connectivity index (χ2n) is 6.82. The number of thioether (sulfide) groups is 1. The molecule has 1 aliphatic rings. The van der Waals surface area contributed by atoms with Crippen molar-refractivity contribution in [2.75, 3.05) is 18.8 Å². The van der Waals surface area contributed by atoms with Crippen molar-refractivity contribution in [3.05, 3.63) is 65.7 Å². The molecule has 146 valence electrons. The number of urea groups is 1. The zero-order valence-corrected chi connectivity index (χ0v) is 16.7. The fourth-order valence-corrected chi connectivity index (χ4v) is 3.79. The number of imide groups is 1. The predicted molar refractivity (Wildman–Crippen MR) is 109 cm³/mol. The molecule has 2 aromatic rings. The maximum absolute atomic E-state index is 12.8. The van der Waals surface area contributed by atoms with Crippen LogP contribution in [0.15, 0.2) is 59.5 Å². The van der Waals surface area contributed by atoms with Gasteiger partial charge in [-0.15, -0.1) is 11.8 Å². The summed E-state index contributed by atoms with van der Waals surface area (Å²) >= 11 is 1.63. The van der Waals surface area contributed by atoms with Crippen molar-refractivity contribution in [3.8, 4) is 0 Å². The number of nitrogens with zero attached hydrogens (tertiary/aromatic N) is 1. The summed E-state index contributed by atoms with van der Waals surface area (Å²) in [5.74, 6) is -0.0720. The van der Waals surface area contributed by atoms with E-state index in [1.165, 1.54) is 0 Å². The molecule has 1 fully saturated rings. The molecule has 1 atom stereocenters. The molecule has 7 heteroatoms. The highest BCUT2D eigenvalue weighted by Crippen LogP contribution is 2.28. The quantitative estimate of drug-likeness (QED) is 0.428. The van der Waals surface area contributed by atoms with Gasteiger partial charge in [-0.3, -0.25) is 14.5 Å². The third kappa shape index (κ3) is 4.36. The molecule has 0 radical (unpaired) electrons. The monoisotopic (exact) mass is 397 g/mol. The molecule has 0 bridgehead atoms. The van der Waals surface area contributed by atoms with E-state index in [1.807, 2.05) is 61.5 Å². The largest absolute Gasteiger partial charge is 0.354 e. The number of hydrogen-bond acceptors (Lipinski definition) is 4. The van der Waals surface area contributed by atoms with Gasteiger partial charge in [0.15, 0.2) is 0 Å². The van der Waals surface area contributed by atoms with Gasteiger partial charge in [0.1, 0.15) is 12.1 Å². The molecule has 2 N–H and O–H groups in total. The molecular weight excluding hydrogens is 374 g/mol. The molecule has 1 aliphatic heterocycles. The number of benzene rings is 2. The average Bonchev–Trinajstić information content (AvgIpc) is 2.90. The Morgan fingerprint density at radius 2 is 1.79 bits per heavy atom. The molecule has 0 spiro atoms. The molecule has 6 nitrogen and oxygen atoms in total. The molecule has 1 saturated heterocycles. The van der Waals surface area contributed by atoms with E-state index < -0.39 is 17.5 Å². The van der Waals surface area contributed by atoms with Crippen LogP contribution in [0, 0.1) is 6.92 Å². The highest BCUT2D eigenvalue weighted by molar-refractivity contribution is 7.99. The number of aryl methyl sites for hydroxylation is 1. The van der Waals surface area contributed by atoms with Crippen LogP contribution in [0.4, 0.5) is 4.79 Å². The van der Waals surface area contributed by atoms with E-state index in [9.17, 15) is 14.4 Å². The van der Waals surface area contributed by atoms with Crippen LogP contribution in [0.3, 0.4) is 0 Å². The zero-order chi connectivity index (χ0) is 20.1. The van der Waals surface area contributed by atoms with Gasteiger partial charge in [0.05, 0.1) is 0 Å². The van der Waals surface area contributed by atoms with Crippen LogP contribution in [-0.2, 0) is 15.1 Å². The van der Waals surface area contributed by atoms with Gasteiger partial charge in [-0.1, -0.05) is 48.0 Å². The van der Waals surface area contributed by atoms with Gasteiger partial charge in [-0.2, -0.15) is 0 Å². The van der Waals surface area contributed by atoms with Crippen LogP contribution in [0.5, 0.6) is 0 Å².